The first-order valence-electron chi connectivity index (χ1n) is 6.23. The number of carbonyl (C=O) groups excluding carboxylic acids is 1. The summed E-state index contributed by atoms with van der Waals surface area (Å²) in [5, 5.41) is 6.36. The van der Waals surface area contributed by atoms with Gasteiger partial charge < -0.3 is 15.4 Å². The number of rotatable bonds is 3. The maximum absolute atomic E-state index is 11.0. The SMILES string of the molecule is CC1(C)CCC(CNC2CCC(=O)NC2)O1. The van der Waals surface area contributed by atoms with E-state index in [9.17, 15) is 4.79 Å². The number of hydrogen-bond donors (Lipinski definition) is 2. The van der Waals surface area contributed by atoms with Crippen molar-refractivity contribution in [3.05, 3.63) is 0 Å². The minimum atomic E-state index is 0.0487. The van der Waals surface area contributed by atoms with Gasteiger partial charge in [0, 0.05) is 25.6 Å². The molecule has 4 heteroatoms. The molecule has 0 spiro atoms. The molecule has 2 N–H and O–H groups in total. The molecule has 92 valence electrons. The summed E-state index contributed by atoms with van der Waals surface area (Å²) >= 11 is 0. The van der Waals surface area contributed by atoms with E-state index in [0.717, 1.165) is 32.4 Å². The average molecular weight is 226 g/mol. The normalized spacial score (nSPS) is 33.8. The van der Waals surface area contributed by atoms with Crippen molar-refractivity contribution in [3.63, 3.8) is 0 Å². The Kier molecular flexibility index (Phi) is 3.50. The van der Waals surface area contributed by atoms with E-state index in [1.807, 2.05) is 0 Å². The molecule has 0 aromatic carbocycles. The van der Waals surface area contributed by atoms with Crippen LogP contribution in [0.4, 0.5) is 0 Å². The minimum absolute atomic E-state index is 0.0487. The molecule has 0 aliphatic carbocycles. The molecule has 2 heterocycles. The summed E-state index contributed by atoms with van der Waals surface area (Å²) in [4.78, 5) is 11.0. The third kappa shape index (κ3) is 3.19. The second kappa shape index (κ2) is 4.72. The molecular formula is C12H22N2O2. The summed E-state index contributed by atoms with van der Waals surface area (Å²) in [6.45, 7) is 5.96. The molecular weight excluding hydrogens is 204 g/mol. The fraction of sp³-hybridized carbons (Fsp3) is 0.917. The number of carbonyl (C=O) groups is 1. The Morgan fingerprint density at radius 3 is 2.88 bits per heavy atom. The molecule has 2 rings (SSSR count). The van der Waals surface area contributed by atoms with Crippen molar-refractivity contribution in [3.8, 4) is 0 Å². The van der Waals surface area contributed by atoms with Crippen molar-refractivity contribution in [1.82, 2.24) is 10.6 Å². The highest BCUT2D eigenvalue weighted by molar-refractivity contribution is 5.76. The fourth-order valence-electron chi connectivity index (χ4n) is 2.43. The molecule has 0 radical (unpaired) electrons. The van der Waals surface area contributed by atoms with Gasteiger partial charge in [-0.25, -0.2) is 0 Å². The maximum atomic E-state index is 11.0. The zero-order valence-corrected chi connectivity index (χ0v) is 10.2. The Bertz CT molecular complexity index is 256. The van der Waals surface area contributed by atoms with Crippen LogP contribution in [0.3, 0.4) is 0 Å². The van der Waals surface area contributed by atoms with Gasteiger partial charge in [-0.05, 0) is 33.1 Å². The van der Waals surface area contributed by atoms with Crippen LogP contribution in [0.15, 0.2) is 0 Å². The van der Waals surface area contributed by atoms with Gasteiger partial charge in [0.05, 0.1) is 11.7 Å². The molecule has 2 atom stereocenters. The van der Waals surface area contributed by atoms with E-state index in [1.54, 1.807) is 0 Å². The van der Waals surface area contributed by atoms with Gasteiger partial charge in [0.2, 0.25) is 5.91 Å². The second-order valence-corrected chi connectivity index (χ2v) is 5.49. The molecule has 0 aromatic heterocycles. The lowest BCUT2D eigenvalue weighted by molar-refractivity contribution is -0.122. The average Bonchev–Trinajstić information content (AvgIpc) is 2.58. The largest absolute Gasteiger partial charge is 0.371 e. The Hall–Kier alpha value is -0.610. The van der Waals surface area contributed by atoms with Crippen LogP contribution < -0.4 is 10.6 Å². The third-order valence-electron chi connectivity index (χ3n) is 3.45. The Morgan fingerprint density at radius 1 is 1.50 bits per heavy atom. The summed E-state index contributed by atoms with van der Waals surface area (Å²) in [7, 11) is 0. The lowest BCUT2D eigenvalue weighted by Gasteiger charge is -2.25. The predicted octanol–water partition coefficient (Wildman–Crippen LogP) is 0.812. The molecule has 4 nitrogen and oxygen atoms in total. The van der Waals surface area contributed by atoms with Crippen LogP contribution in [0.2, 0.25) is 0 Å². The molecule has 0 aromatic rings. The topological polar surface area (TPSA) is 50.4 Å². The highest BCUT2D eigenvalue weighted by Gasteiger charge is 2.31. The van der Waals surface area contributed by atoms with Crippen LogP contribution in [0.25, 0.3) is 0 Å². The first-order chi connectivity index (χ1) is 7.55. The van der Waals surface area contributed by atoms with Crippen molar-refractivity contribution in [2.45, 2.75) is 57.3 Å². The first kappa shape index (κ1) is 11.9. The van der Waals surface area contributed by atoms with E-state index in [0.29, 0.717) is 18.6 Å². The lowest BCUT2D eigenvalue weighted by Crippen LogP contribution is -2.47. The van der Waals surface area contributed by atoms with Gasteiger partial charge in [0.1, 0.15) is 0 Å². The van der Waals surface area contributed by atoms with Crippen LogP contribution >= 0.6 is 0 Å². The molecule has 0 bridgehead atoms. The van der Waals surface area contributed by atoms with Crippen molar-refractivity contribution in [2.24, 2.45) is 0 Å². The number of piperidine rings is 1. The van der Waals surface area contributed by atoms with E-state index in [2.05, 4.69) is 24.5 Å². The van der Waals surface area contributed by atoms with Gasteiger partial charge >= 0.3 is 0 Å². The summed E-state index contributed by atoms with van der Waals surface area (Å²) in [6.07, 6.45) is 4.21. The zero-order valence-electron chi connectivity index (χ0n) is 10.2. The molecule has 16 heavy (non-hydrogen) atoms. The van der Waals surface area contributed by atoms with Gasteiger partial charge in [-0.1, -0.05) is 0 Å². The number of hydrogen-bond acceptors (Lipinski definition) is 3. The highest BCUT2D eigenvalue weighted by atomic mass is 16.5. The van der Waals surface area contributed by atoms with Gasteiger partial charge in [-0.3, -0.25) is 4.79 Å². The van der Waals surface area contributed by atoms with Crippen LogP contribution in [-0.2, 0) is 9.53 Å². The predicted molar refractivity (Wildman–Crippen MR) is 62.2 cm³/mol. The summed E-state index contributed by atoms with van der Waals surface area (Å²) < 4.78 is 5.91. The molecule has 2 saturated heterocycles. The minimum Gasteiger partial charge on any atom is -0.371 e. The van der Waals surface area contributed by atoms with Gasteiger partial charge in [-0.15, -0.1) is 0 Å². The number of nitrogens with one attached hydrogen (secondary N) is 2. The van der Waals surface area contributed by atoms with Crippen molar-refractivity contribution < 1.29 is 9.53 Å². The van der Waals surface area contributed by atoms with E-state index in [-0.39, 0.29) is 11.5 Å². The standard InChI is InChI=1S/C12H22N2O2/c1-12(2)6-5-10(16-12)8-13-9-3-4-11(15)14-7-9/h9-10,13H,3-8H2,1-2H3,(H,14,15). The number of ether oxygens (including phenoxy) is 1. The Morgan fingerprint density at radius 2 is 2.31 bits per heavy atom. The quantitative estimate of drug-likeness (QED) is 0.749. The van der Waals surface area contributed by atoms with E-state index >= 15 is 0 Å². The zero-order chi connectivity index (χ0) is 11.6. The third-order valence-corrected chi connectivity index (χ3v) is 3.45. The molecule has 1 amide bonds. The van der Waals surface area contributed by atoms with Crippen molar-refractivity contribution in [1.29, 1.82) is 0 Å². The Balaban J connectivity index is 1.66. The van der Waals surface area contributed by atoms with Gasteiger partial charge in [0.25, 0.3) is 0 Å². The van der Waals surface area contributed by atoms with Gasteiger partial charge in [0.15, 0.2) is 0 Å². The molecule has 2 fully saturated rings. The maximum Gasteiger partial charge on any atom is 0.220 e. The highest BCUT2D eigenvalue weighted by Crippen LogP contribution is 2.28. The van der Waals surface area contributed by atoms with E-state index in [4.69, 9.17) is 4.74 Å². The molecule has 2 aliphatic rings. The van der Waals surface area contributed by atoms with Crippen LogP contribution in [0.1, 0.15) is 39.5 Å². The summed E-state index contributed by atoms with van der Waals surface area (Å²) in [6, 6.07) is 0.421. The fourth-order valence-corrected chi connectivity index (χ4v) is 2.43. The summed E-state index contributed by atoms with van der Waals surface area (Å²) in [5.41, 5.74) is 0.0487. The lowest BCUT2D eigenvalue weighted by atomic mass is 10.0. The van der Waals surface area contributed by atoms with Crippen LogP contribution in [-0.4, -0.2) is 36.7 Å². The van der Waals surface area contributed by atoms with Crippen LogP contribution in [0.5, 0.6) is 0 Å². The molecule has 2 unspecified atom stereocenters. The van der Waals surface area contributed by atoms with Crippen molar-refractivity contribution >= 4 is 5.91 Å². The van der Waals surface area contributed by atoms with E-state index < -0.39 is 0 Å². The molecule has 0 saturated carbocycles. The smallest absolute Gasteiger partial charge is 0.220 e. The monoisotopic (exact) mass is 226 g/mol. The summed E-state index contributed by atoms with van der Waals surface area (Å²) in [5.74, 6) is 0.177. The second-order valence-electron chi connectivity index (χ2n) is 5.49. The Labute approximate surface area is 97.1 Å². The van der Waals surface area contributed by atoms with Crippen molar-refractivity contribution in [2.75, 3.05) is 13.1 Å². The number of amides is 1. The first-order valence-corrected chi connectivity index (χ1v) is 6.23. The van der Waals surface area contributed by atoms with E-state index in [1.165, 1.54) is 0 Å². The molecule has 2 aliphatic heterocycles. The van der Waals surface area contributed by atoms with Crippen LogP contribution in [0, 0.1) is 0 Å². The van der Waals surface area contributed by atoms with Gasteiger partial charge in [-0.2, -0.15) is 0 Å².